The largest absolute Gasteiger partial charge is 0.480 e. The lowest BCUT2D eigenvalue weighted by Crippen LogP contribution is -2.42. The van der Waals surface area contributed by atoms with Crippen molar-refractivity contribution < 1.29 is 19.5 Å². The minimum absolute atomic E-state index is 0.0306. The fourth-order valence-electron chi connectivity index (χ4n) is 1.91. The van der Waals surface area contributed by atoms with Crippen molar-refractivity contribution in [3.8, 4) is 0 Å². The van der Waals surface area contributed by atoms with Gasteiger partial charge in [-0.15, -0.1) is 0 Å². The van der Waals surface area contributed by atoms with Crippen molar-refractivity contribution in [3.05, 3.63) is 0 Å². The maximum atomic E-state index is 11.6. The van der Waals surface area contributed by atoms with Gasteiger partial charge < -0.3 is 15.7 Å². The number of rotatable bonds is 5. The normalized spacial score (nSPS) is 22.2. The number of primary amides is 1. The Bertz CT molecular complexity index is 316. The molecule has 2 unspecified atom stereocenters. The van der Waals surface area contributed by atoms with E-state index in [2.05, 4.69) is 0 Å². The molecule has 0 aromatic rings. The first-order chi connectivity index (χ1) is 7.47. The van der Waals surface area contributed by atoms with E-state index in [0.717, 1.165) is 0 Å². The lowest BCUT2D eigenvalue weighted by Gasteiger charge is -2.23. The van der Waals surface area contributed by atoms with Crippen LogP contribution in [0, 0.1) is 5.92 Å². The molecule has 0 radical (unpaired) electrons. The van der Waals surface area contributed by atoms with Crippen LogP contribution in [0.3, 0.4) is 0 Å². The third kappa shape index (κ3) is 2.50. The molecule has 0 saturated carbocycles. The fraction of sp³-hybridized carbons (Fsp3) is 0.700. The van der Waals surface area contributed by atoms with Gasteiger partial charge in [0.25, 0.3) is 0 Å². The molecule has 1 heterocycles. The highest BCUT2D eigenvalue weighted by atomic mass is 16.4. The summed E-state index contributed by atoms with van der Waals surface area (Å²) in [6.07, 6.45) is 1.09. The van der Waals surface area contributed by atoms with Gasteiger partial charge in [0.05, 0.1) is 5.92 Å². The smallest absolute Gasteiger partial charge is 0.326 e. The molecule has 0 aliphatic carbocycles. The Kier molecular flexibility index (Phi) is 3.87. The number of nitrogens with two attached hydrogens (primary N) is 1. The maximum Gasteiger partial charge on any atom is 0.326 e. The number of carboxylic acids is 1. The monoisotopic (exact) mass is 228 g/mol. The maximum absolute atomic E-state index is 11.6. The molecule has 6 nitrogen and oxygen atoms in total. The van der Waals surface area contributed by atoms with Crippen molar-refractivity contribution in [1.82, 2.24) is 4.90 Å². The van der Waals surface area contributed by atoms with Gasteiger partial charge >= 0.3 is 5.97 Å². The molecule has 0 spiro atoms. The van der Waals surface area contributed by atoms with Crippen LogP contribution in [0.15, 0.2) is 0 Å². The van der Waals surface area contributed by atoms with Crippen LogP contribution >= 0.6 is 0 Å². The molecule has 3 N–H and O–H groups in total. The number of nitrogens with zero attached hydrogens (tertiary/aromatic N) is 1. The predicted octanol–water partition coefficient (Wildman–Crippen LogP) is -0.426. The molecule has 1 aliphatic rings. The summed E-state index contributed by atoms with van der Waals surface area (Å²) in [6, 6.07) is -0.832. The van der Waals surface area contributed by atoms with E-state index in [-0.39, 0.29) is 18.9 Å². The van der Waals surface area contributed by atoms with Crippen molar-refractivity contribution in [2.24, 2.45) is 11.7 Å². The Morgan fingerprint density at radius 1 is 1.62 bits per heavy atom. The van der Waals surface area contributed by atoms with Crippen LogP contribution in [0.25, 0.3) is 0 Å². The number of amides is 2. The van der Waals surface area contributed by atoms with E-state index in [4.69, 9.17) is 10.8 Å². The van der Waals surface area contributed by atoms with Gasteiger partial charge in [-0.1, -0.05) is 13.3 Å². The number of likely N-dealkylation sites (tertiary alicyclic amines) is 1. The van der Waals surface area contributed by atoms with E-state index < -0.39 is 23.8 Å². The SMILES string of the molecule is CCCC(C(=O)O)N1CC(C(N)=O)CC1=O. The van der Waals surface area contributed by atoms with E-state index in [1.54, 1.807) is 0 Å². The molecule has 0 bridgehead atoms. The highest BCUT2D eigenvalue weighted by Gasteiger charge is 2.39. The summed E-state index contributed by atoms with van der Waals surface area (Å²) in [6.45, 7) is 1.98. The van der Waals surface area contributed by atoms with Gasteiger partial charge in [-0.25, -0.2) is 4.79 Å². The minimum Gasteiger partial charge on any atom is -0.480 e. The Balaban J connectivity index is 2.75. The zero-order valence-electron chi connectivity index (χ0n) is 9.18. The quantitative estimate of drug-likeness (QED) is 0.666. The molecular weight excluding hydrogens is 212 g/mol. The first-order valence-electron chi connectivity index (χ1n) is 5.29. The molecule has 90 valence electrons. The van der Waals surface area contributed by atoms with Crippen molar-refractivity contribution in [1.29, 1.82) is 0 Å². The van der Waals surface area contributed by atoms with Crippen LogP contribution in [0.5, 0.6) is 0 Å². The van der Waals surface area contributed by atoms with Crippen molar-refractivity contribution >= 4 is 17.8 Å². The molecule has 2 atom stereocenters. The van der Waals surface area contributed by atoms with Crippen LogP contribution < -0.4 is 5.73 Å². The molecule has 16 heavy (non-hydrogen) atoms. The average molecular weight is 228 g/mol. The summed E-state index contributed by atoms with van der Waals surface area (Å²) in [5.74, 6) is -2.42. The second-order valence-corrected chi connectivity index (χ2v) is 3.99. The molecule has 1 rings (SSSR count). The zero-order chi connectivity index (χ0) is 12.3. The number of hydrogen-bond acceptors (Lipinski definition) is 3. The van der Waals surface area contributed by atoms with Crippen molar-refractivity contribution in [2.45, 2.75) is 32.2 Å². The van der Waals surface area contributed by atoms with E-state index in [0.29, 0.717) is 12.8 Å². The molecule has 1 saturated heterocycles. The summed E-state index contributed by atoms with van der Waals surface area (Å²) in [7, 11) is 0. The van der Waals surface area contributed by atoms with Gasteiger partial charge in [-0.3, -0.25) is 9.59 Å². The van der Waals surface area contributed by atoms with E-state index >= 15 is 0 Å². The number of carbonyl (C=O) groups is 3. The van der Waals surface area contributed by atoms with Crippen LogP contribution in [0.2, 0.25) is 0 Å². The van der Waals surface area contributed by atoms with Gasteiger partial charge in [0.2, 0.25) is 11.8 Å². The van der Waals surface area contributed by atoms with E-state index in [1.807, 2.05) is 6.92 Å². The number of aliphatic carboxylic acids is 1. The summed E-state index contributed by atoms with van der Waals surface area (Å²) >= 11 is 0. The number of hydrogen-bond donors (Lipinski definition) is 2. The lowest BCUT2D eigenvalue weighted by molar-refractivity contribution is -0.148. The van der Waals surface area contributed by atoms with Gasteiger partial charge in [0, 0.05) is 13.0 Å². The summed E-state index contributed by atoms with van der Waals surface area (Å²) in [5.41, 5.74) is 5.11. The third-order valence-corrected chi connectivity index (χ3v) is 2.78. The Morgan fingerprint density at radius 2 is 2.25 bits per heavy atom. The minimum atomic E-state index is -1.03. The molecule has 0 aromatic heterocycles. The first-order valence-corrected chi connectivity index (χ1v) is 5.29. The molecular formula is C10H16N2O4. The van der Waals surface area contributed by atoms with Crippen molar-refractivity contribution in [2.75, 3.05) is 6.54 Å². The molecule has 1 fully saturated rings. The zero-order valence-corrected chi connectivity index (χ0v) is 9.18. The Morgan fingerprint density at radius 3 is 2.62 bits per heavy atom. The second kappa shape index (κ2) is 4.96. The van der Waals surface area contributed by atoms with Crippen molar-refractivity contribution in [3.63, 3.8) is 0 Å². The van der Waals surface area contributed by atoms with Gasteiger partial charge in [0.15, 0.2) is 0 Å². The van der Waals surface area contributed by atoms with Gasteiger partial charge in [-0.2, -0.15) is 0 Å². The van der Waals surface area contributed by atoms with E-state index in [9.17, 15) is 14.4 Å². The predicted molar refractivity (Wildman–Crippen MR) is 55.3 cm³/mol. The van der Waals surface area contributed by atoms with Crippen LogP contribution in [-0.4, -0.2) is 40.4 Å². The van der Waals surface area contributed by atoms with Crippen LogP contribution in [0.1, 0.15) is 26.2 Å². The average Bonchev–Trinajstić information content (AvgIpc) is 2.56. The Labute approximate surface area is 93.4 Å². The van der Waals surface area contributed by atoms with E-state index in [1.165, 1.54) is 4.90 Å². The molecule has 6 heteroatoms. The standard InChI is InChI=1S/C10H16N2O4/c1-2-3-7(10(15)16)12-5-6(9(11)14)4-8(12)13/h6-7H,2-5H2,1H3,(H2,11,14)(H,15,16). The fourth-order valence-corrected chi connectivity index (χ4v) is 1.91. The van der Waals surface area contributed by atoms with Gasteiger partial charge in [-0.05, 0) is 6.42 Å². The molecule has 1 aliphatic heterocycles. The number of carboxylic acid groups (broad SMARTS) is 1. The second-order valence-electron chi connectivity index (χ2n) is 3.99. The lowest BCUT2D eigenvalue weighted by atomic mass is 10.1. The first kappa shape index (κ1) is 12.5. The highest BCUT2D eigenvalue weighted by Crippen LogP contribution is 2.22. The molecule has 0 aromatic carbocycles. The summed E-state index contributed by atoms with van der Waals surface area (Å²) in [5, 5.41) is 9.00. The molecule has 2 amide bonds. The summed E-state index contributed by atoms with van der Waals surface area (Å²) < 4.78 is 0. The Hall–Kier alpha value is -1.59. The highest BCUT2D eigenvalue weighted by molar-refractivity contribution is 5.91. The summed E-state index contributed by atoms with van der Waals surface area (Å²) in [4.78, 5) is 34.7. The van der Waals surface area contributed by atoms with Crippen LogP contribution in [-0.2, 0) is 14.4 Å². The van der Waals surface area contributed by atoms with Crippen LogP contribution in [0.4, 0.5) is 0 Å². The number of carbonyl (C=O) groups excluding carboxylic acids is 2. The third-order valence-electron chi connectivity index (χ3n) is 2.78. The topological polar surface area (TPSA) is 101 Å². The van der Waals surface area contributed by atoms with Gasteiger partial charge in [0.1, 0.15) is 6.04 Å².